The molecular weight excluding hydrogens is 687 g/mol. The third kappa shape index (κ3) is 3.99. The fraction of sp³-hybridized carbons (Fsp3) is 0. The van der Waals surface area contributed by atoms with Gasteiger partial charge in [-0.15, -0.1) is 0 Å². The van der Waals surface area contributed by atoms with Gasteiger partial charge in [-0.25, -0.2) is 9.97 Å². The zero-order valence-electron chi connectivity index (χ0n) is 29.8. The van der Waals surface area contributed by atoms with Gasteiger partial charge in [0.15, 0.2) is 11.2 Å². The molecule has 7 aromatic heterocycles. The second-order valence-corrected chi connectivity index (χ2v) is 14.7. The van der Waals surface area contributed by atoms with Crippen LogP contribution in [0.15, 0.2) is 156 Å². The van der Waals surface area contributed by atoms with Gasteiger partial charge in [-0.2, -0.15) is 0 Å². The number of fused-ring (bicyclic) bond motifs is 8. The maximum atomic E-state index is 6.73. The van der Waals surface area contributed by atoms with Gasteiger partial charge < -0.3 is 14.4 Å². The van der Waals surface area contributed by atoms with Gasteiger partial charge in [0.1, 0.15) is 0 Å². The SMILES string of the molecule is C1=Cc2nc1c(-c1ccccc1)c1ccc([nH]1)c(-c1ccccc1)c1cc3c4cccc5oc6cccc7c8cc([nH]c8c(c3n1)n(c54)c67)c2-c1ccccc1. The lowest BCUT2D eigenvalue weighted by molar-refractivity contribution is 0.656. The first-order valence-electron chi connectivity index (χ1n) is 18.9. The molecule has 1 aliphatic heterocycles. The summed E-state index contributed by atoms with van der Waals surface area (Å²) in [6.07, 6.45) is 4.31. The van der Waals surface area contributed by atoms with Crippen LogP contribution in [0.25, 0.3) is 128 Å². The topological polar surface area (TPSA) is 74.9 Å². The number of H-pyrrole nitrogens is 2. The van der Waals surface area contributed by atoms with E-state index < -0.39 is 0 Å². The Kier molecular flexibility index (Phi) is 5.80. The largest absolute Gasteiger partial charge is 0.453 e. The first-order chi connectivity index (χ1) is 27.8. The number of rotatable bonds is 3. The number of para-hydroxylation sites is 2. The molecular formula is C50H29N5O. The van der Waals surface area contributed by atoms with Crippen LogP contribution in [-0.2, 0) is 0 Å². The summed E-state index contributed by atoms with van der Waals surface area (Å²) in [6.45, 7) is 0. The fourth-order valence-electron chi connectivity index (χ4n) is 9.28. The number of pyridine rings is 2. The molecule has 0 aliphatic carbocycles. The summed E-state index contributed by atoms with van der Waals surface area (Å²) < 4.78 is 9.12. The van der Waals surface area contributed by atoms with E-state index in [9.17, 15) is 0 Å². The molecule has 0 radical (unpaired) electrons. The third-order valence-corrected chi connectivity index (χ3v) is 11.6. The van der Waals surface area contributed by atoms with E-state index in [2.05, 4.69) is 178 Å². The number of nitrogens with zero attached hydrogens (tertiary/aromatic N) is 3. The molecule has 8 bridgehead atoms. The summed E-state index contributed by atoms with van der Waals surface area (Å²) in [7, 11) is 0. The Hall–Kier alpha value is -7.70. The van der Waals surface area contributed by atoms with Crippen LogP contribution in [0.2, 0.25) is 0 Å². The molecule has 6 heteroatoms. The van der Waals surface area contributed by atoms with E-state index in [1.165, 1.54) is 0 Å². The molecule has 0 saturated carbocycles. The second kappa shape index (κ2) is 10.9. The van der Waals surface area contributed by atoms with Crippen molar-refractivity contribution in [3.8, 4) is 33.4 Å². The molecule has 5 aromatic carbocycles. The standard InChI is InChI=1S/C50H29N5O/c1-4-12-28(13-5-1)43-35-22-24-37(51-35)44(29-14-6-2-7-15-29)39-26-33-31-18-10-20-41-48(31)55-49-32(19-11-21-42(49)56-41)34-27-40(54-47(34)50(55)46(33)53-39)45(30-16-8-3-9-17-30)38-25-23-36(43)52-38/h1-27,51,54H. The predicted molar refractivity (Wildman–Crippen MR) is 231 cm³/mol. The quantitative estimate of drug-likeness (QED) is 0.141. The lowest BCUT2D eigenvalue weighted by Crippen LogP contribution is -2.00. The molecule has 12 aromatic rings. The van der Waals surface area contributed by atoms with Crippen LogP contribution in [0.4, 0.5) is 0 Å². The highest BCUT2D eigenvalue weighted by Gasteiger charge is 2.24. The van der Waals surface area contributed by atoms with E-state index in [0.29, 0.717) is 0 Å². The normalized spacial score (nSPS) is 12.6. The van der Waals surface area contributed by atoms with Gasteiger partial charge in [-0.3, -0.25) is 4.40 Å². The summed E-state index contributed by atoms with van der Waals surface area (Å²) in [5, 5.41) is 4.38. The minimum atomic E-state index is 0.827. The van der Waals surface area contributed by atoms with Crippen molar-refractivity contribution in [1.82, 2.24) is 24.3 Å². The number of nitrogens with one attached hydrogen (secondary N) is 2. The van der Waals surface area contributed by atoms with Crippen molar-refractivity contribution in [1.29, 1.82) is 0 Å². The van der Waals surface area contributed by atoms with Gasteiger partial charge in [-0.05, 0) is 65.2 Å². The minimum absolute atomic E-state index is 0.827. The molecule has 0 saturated heterocycles. The Morgan fingerprint density at radius 3 is 1.61 bits per heavy atom. The van der Waals surface area contributed by atoms with E-state index in [1.807, 2.05) is 0 Å². The summed E-state index contributed by atoms with van der Waals surface area (Å²) in [4.78, 5) is 19.0. The molecule has 0 atom stereocenters. The Bertz CT molecular complexity index is 3680. The lowest BCUT2D eigenvalue weighted by Gasteiger charge is -2.17. The average molecular weight is 716 g/mol. The highest BCUT2D eigenvalue weighted by molar-refractivity contribution is 6.28. The molecule has 1 aliphatic rings. The van der Waals surface area contributed by atoms with Crippen molar-refractivity contribution in [2.24, 2.45) is 0 Å². The van der Waals surface area contributed by atoms with Crippen LogP contribution >= 0.6 is 0 Å². The van der Waals surface area contributed by atoms with Gasteiger partial charge in [0.05, 0.1) is 44.5 Å². The molecule has 0 amide bonds. The Morgan fingerprint density at radius 1 is 0.429 bits per heavy atom. The van der Waals surface area contributed by atoms with Crippen molar-refractivity contribution in [2.45, 2.75) is 0 Å². The fourth-order valence-corrected chi connectivity index (χ4v) is 9.28. The van der Waals surface area contributed by atoms with Crippen LogP contribution in [0.3, 0.4) is 0 Å². The zero-order valence-corrected chi connectivity index (χ0v) is 29.8. The van der Waals surface area contributed by atoms with Gasteiger partial charge in [0, 0.05) is 54.8 Å². The van der Waals surface area contributed by atoms with E-state index >= 15 is 0 Å². The molecule has 2 N–H and O–H groups in total. The number of hydrogen-bond donors (Lipinski definition) is 2. The average Bonchev–Trinajstić information content (AvgIpc) is 4.08. The molecule has 0 fully saturated rings. The molecule has 0 unspecified atom stereocenters. The zero-order chi connectivity index (χ0) is 36.5. The van der Waals surface area contributed by atoms with Crippen molar-refractivity contribution in [3.63, 3.8) is 0 Å². The van der Waals surface area contributed by atoms with E-state index in [4.69, 9.17) is 14.4 Å². The monoisotopic (exact) mass is 715 g/mol. The number of aromatic nitrogens is 5. The smallest absolute Gasteiger partial charge is 0.152 e. The first kappa shape index (κ1) is 29.7. The predicted octanol–water partition coefficient (Wildman–Crippen LogP) is 13.1. The van der Waals surface area contributed by atoms with Crippen molar-refractivity contribution in [2.75, 3.05) is 0 Å². The van der Waals surface area contributed by atoms with Gasteiger partial charge in [0.2, 0.25) is 0 Å². The van der Waals surface area contributed by atoms with Crippen LogP contribution in [0.5, 0.6) is 0 Å². The Morgan fingerprint density at radius 2 is 0.982 bits per heavy atom. The number of benzene rings is 5. The molecule has 6 nitrogen and oxygen atoms in total. The molecule has 13 rings (SSSR count). The van der Waals surface area contributed by atoms with Crippen molar-refractivity contribution in [3.05, 3.63) is 163 Å². The highest BCUT2D eigenvalue weighted by Crippen LogP contribution is 2.45. The Balaban J connectivity index is 1.35. The first-order valence-corrected chi connectivity index (χ1v) is 18.9. The van der Waals surface area contributed by atoms with Crippen LogP contribution < -0.4 is 0 Å². The lowest BCUT2D eigenvalue weighted by atomic mass is 10.0. The Labute approximate surface area is 318 Å². The van der Waals surface area contributed by atoms with E-state index in [0.717, 1.165) is 127 Å². The second-order valence-electron chi connectivity index (χ2n) is 14.7. The van der Waals surface area contributed by atoms with Crippen molar-refractivity contribution < 1.29 is 4.42 Å². The summed E-state index contributed by atoms with van der Waals surface area (Å²) in [6, 6.07) is 53.4. The van der Waals surface area contributed by atoms with Gasteiger partial charge >= 0.3 is 0 Å². The van der Waals surface area contributed by atoms with E-state index in [-0.39, 0.29) is 0 Å². The van der Waals surface area contributed by atoms with Gasteiger partial charge in [0.25, 0.3) is 0 Å². The van der Waals surface area contributed by atoms with Gasteiger partial charge in [-0.1, -0.05) is 115 Å². The minimum Gasteiger partial charge on any atom is -0.453 e. The van der Waals surface area contributed by atoms with Crippen molar-refractivity contribution >= 4 is 94.5 Å². The van der Waals surface area contributed by atoms with Crippen LogP contribution in [-0.4, -0.2) is 24.3 Å². The maximum absolute atomic E-state index is 6.73. The van der Waals surface area contributed by atoms with Crippen LogP contribution in [0.1, 0.15) is 11.4 Å². The maximum Gasteiger partial charge on any atom is 0.152 e. The summed E-state index contributed by atoms with van der Waals surface area (Å²) >= 11 is 0. The number of aromatic amines is 2. The number of hydrogen-bond acceptors (Lipinski definition) is 3. The highest BCUT2D eigenvalue weighted by atomic mass is 16.3. The molecule has 56 heavy (non-hydrogen) atoms. The summed E-state index contributed by atoms with van der Waals surface area (Å²) in [5.41, 5.74) is 18.7. The third-order valence-electron chi connectivity index (χ3n) is 11.6. The summed E-state index contributed by atoms with van der Waals surface area (Å²) in [5.74, 6) is 0. The van der Waals surface area contributed by atoms with E-state index in [1.54, 1.807) is 0 Å². The van der Waals surface area contributed by atoms with Crippen LogP contribution in [0, 0.1) is 0 Å². The molecule has 260 valence electrons. The molecule has 8 heterocycles. The molecule has 0 spiro atoms.